The summed E-state index contributed by atoms with van der Waals surface area (Å²) in [5.41, 5.74) is 6.71. The number of halogens is 2. The van der Waals surface area contributed by atoms with Gasteiger partial charge >= 0.3 is 6.61 Å². The molecule has 0 bridgehead atoms. The molecule has 0 spiro atoms. The highest BCUT2D eigenvalue weighted by atomic mass is 19.3. The summed E-state index contributed by atoms with van der Waals surface area (Å²) in [6.45, 7) is -2.83. The Balaban J connectivity index is 2.07. The molecule has 0 aliphatic heterocycles. The van der Waals surface area contributed by atoms with Gasteiger partial charge in [0.25, 0.3) is 0 Å². The lowest BCUT2D eigenvalue weighted by molar-refractivity contribution is -0.0499. The summed E-state index contributed by atoms with van der Waals surface area (Å²) in [7, 11) is 0. The van der Waals surface area contributed by atoms with Crippen LogP contribution in [0, 0.1) is 0 Å². The molecular weight excluding hydrogens is 240 g/mol. The molecule has 0 saturated carbocycles. The Kier molecular flexibility index (Phi) is 3.94. The maximum Gasteiger partial charge on any atom is 0.387 e. The van der Waals surface area contributed by atoms with Crippen LogP contribution >= 0.6 is 0 Å². The van der Waals surface area contributed by atoms with Gasteiger partial charge < -0.3 is 14.9 Å². The van der Waals surface area contributed by atoms with Crippen molar-refractivity contribution < 1.29 is 17.9 Å². The molecule has 1 aromatic carbocycles. The molecule has 2 N–H and O–H groups in total. The zero-order valence-corrected chi connectivity index (χ0v) is 9.55. The fourth-order valence-corrected chi connectivity index (χ4v) is 1.68. The van der Waals surface area contributed by atoms with E-state index < -0.39 is 6.61 Å². The van der Waals surface area contributed by atoms with Gasteiger partial charge in [-0.3, -0.25) is 0 Å². The quantitative estimate of drug-likeness (QED) is 0.890. The molecule has 2 aromatic rings. The third kappa shape index (κ3) is 3.30. The van der Waals surface area contributed by atoms with Crippen molar-refractivity contribution in [2.24, 2.45) is 5.73 Å². The summed E-state index contributed by atoms with van der Waals surface area (Å²) in [5.74, 6) is 0.861. The van der Waals surface area contributed by atoms with Crippen molar-refractivity contribution in [2.45, 2.75) is 19.1 Å². The first-order valence-corrected chi connectivity index (χ1v) is 5.48. The second-order valence-electron chi connectivity index (χ2n) is 3.84. The van der Waals surface area contributed by atoms with Crippen molar-refractivity contribution in [2.75, 3.05) is 0 Å². The topological polar surface area (TPSA) is 48.4 Å². The van der Waals surface area contributed by atoms with Crippen molar-refractivity contribution in [3.8, 4) is 5.75 Å². The first kappa shape index (κ1) is 12.6. The average Bonchev–Trinajstić information content (AvgIpc) is 2.81. The van der Waals surface area contributed by atoms with E-state index in [0.717, 1.165) is 11.3 Å². The molecule has 0 aliphatic carbocycles. The largest absolute Gasteiger partial charge is 0.469 e. The number of hydrogen-bond donors (Lipinski definition) is 1. The number of ether oxygens (including phenoxy) is 1. The summed E-state index contributed by atoms with van der Waals surface area (Å²) in [6, 6.07) is 9.66. The van der Waals surface area contributed by atoms with Crippen LogP contribution in [0.25, 0.3) is 0 Å². The van der Waals surface area contributed by atoms with E-state index in [4.69, 9.17) is 10.2 Å². The van der Waals surface area contributed by atoms with E-state index in [2.05, 4.69) is 4.74 Å². The van der Waals surface area contributed by atoms with Crippen LogP contribution in [0.15, 0.2) is 47.1 Å². The van der Waals surface area contributed by atoms with Crippen LogP contribution in [0.1, 0.15) is 17.4 Å². The molecule has 1 atom stereocenters. The van der Waals surface area contributed by atoms with E-state index in [0.29, 0.717) is 6.42 Å². The van der Waals surface area contributed by atoms with E-state index >= 15 is 0 Å². The van der Waals surface area contributed by atoms with Gasteiger partial charge in [-0.1, -0.05) is 12.1 Å². The number of furan rings is 1. The lowest BCUT2D eigenvalue weighted by Crippen LogP contribution is -2.13. The summed E-state index contributed by atoms with van der Waals surface area (Å²) >= 11 is 0. The highest BCUT2D eigenvalue weighted by molar-refractivity contribution is 5.31. The van der Waals surface area contributed by atoms with Crippen LogP contribution in [-0.4, -0.2) is 6.61 Å². The first-order chi connectivity index (χ1) is 8.65. The minimum atomic E-state index is -2.83. The van der Waals surface area contributed by atoms with Gasteiger partial charge in [-0.25, -0.2) is 0 Å². The van der Waals surface area contributed by atoms with Gasteiger partial charge in [-0.15, -0.1) is 0 Å². The number of rotatable bonds is 5. The molecule has 3 nitrogen and oxygen atoms in total. The fraction of sp³-hybridized carbons (Fsp3) is 0.231. The minimum Gasteiger partial charge on any atom is -0.469 e. The van der Waals surface area contributed by atoms with Gasteiger partial charge in [0.15, 0.2) is 0 Å². The fourth-order valence-electron chi connectivity index (χ4n) is 1.68. The molecule has 0 fully saturated rings. The highest BCUT2D eigenvalue weighted by Gasteiger charge is 2.11. The highest BCUT2D eigenvalue weighted by Crippen LogP contribution is 2.22. The zero-order valence-electron chi connectivity index (χ0n) is 9.55. The zero-order chi connectivity index (χ0) is 13.0. The van der Waals surface area contributed by atoms with Crippen LogP contribution < -0.4 is 10.5 Å². The van der Waals surface area contributed by atoms with Crippen molar-refractivity contribution in [1.82, 2.24) is 0 Å². The molecule has 0 saturated heterocycles. The molecule has 1 unspecified atom stereocenters. The molecule has 0 radical (unpaired) electrons. The van der Waals surface area contributed by atoms with Crippen LogP contribution in [0.4, 0.5) is 8.78 Å². The van der Waals surface area contributed by atoms with Crippen molar-refractivity contribution in [3.63, 3.8) is 0 Å². The molecule has 2 rings (SSSR count). The summed E-state index contributed by atoms with van der Waals surface area (Å²) < 4.78 is 33.7. The predicted octanol–water partition coefficient (Wildman–Crippen LogP) is 3.12. The first-order valence-electron chi connectivity index (χ1n) is 5.48. The Morgan fingerprint density at radius 3 is 2.72 bits per heavy atom. The van der Waals surface area contributed by atoms with Crippen molar-refractivity contribution >= 4 is 0 Å². The van der Waals surface area contributed by atoms with Crippen molar-refractivity contribution in [3.05, 3.63) is 54.0 Å². The Labute approximate surface area is 103 Å². The lowest BCUT2D eigenvalue weighted by Gasteiger charge is -2.12. The Morgan fingerprint density at radius 2 is 2.06 bits per heavy atom. The van der Waals surface area contributed by atoms with Gasteiger partial charge in [-0.05, 0) is 29.8 Å². The summed E-state index contributed by atoms with van der Waals surface area (Å²) in [5, 5.41) is 0. The van der Waals surface area contributed by atoms with Gasteiger partial charge in [-0.2, -0.15) is 8.78 Å². The van der Waals surface area contributed by atoms with E-state index in [1.54, 1.807) is 24.5 Å². The number of alkyl halides is 2. The Hall–Kier alpha value is -1.88. The summed E-state index contributed by atoms with van der Waals surface area (Å²) in [4.78, 5) is 0. The molecule has 18 heavy (non-hydrogen) atoms. The van der Waals surface area contributed by atoms with E-state index in [9.17, 15) is 8.78 Å². The predicted molar refractivity (Wildman–Crippen MR) is 62.4 cm³/mol. The van der Waals surface area contributed by atoms with E-state index in [1.807, 2.05) is 6.07 Å². The lowest BCUT2D eigenvalue weighted by atomic mass is 10.0. The monoisotopic (exact) mass is 253 g/mol. The van der Waals surface area contributed by atoms with Gasteiger partial charge in [0.05, 0.1) is 6.26 Å². The average molecular weight is 253 g/mol. The molecule has 1 heterocycles. The Bertz CT molecular complexity index is 485. The molecule has 0 amide bonds. The third-order valence-corrected chi connectivity index (χ3v) is 2.51. The SMILES string of the molecule is NC(Cc1ccco1)c1cccc(OC(F)F)c1. The maximum atomic E-state index is 12.1. The second kappa shape index (κ2) is 5.64. The van der Waals surface area contributed by atoms with Gasteiger partial charge in [0.1, 0.15) is 11.5 Å². The maximum absolute atomic E-state index is 12.1. The van der Waals surface area contributed by atoms with Crippen molar-refractivity contribution in [1.29, 1.82) is 0 Å². The van der Waals surface area contributed by atoms with Crippen LogP contribution in [0.5, 0.6) is 5.75 Å². The second-order valence-corrected chi connectivity index (χ2v) is 3.84. The number of nitrogens with two attached hydrogens (primary N) is 1. The van der Waals surface area contributed by atoms with E-state index in [-0.39, 0.29) is 11.8 Å². The van der Waals surface area contributed by atoms with Crippen LogP contribution in [0.3, 0.4) is 0 Å². The van der Waals surface area contributed by atoms with Crippen LogP contribution in [0.2, 0.25) is 0 Å². The smallest absolute Gasteiger partial charge is 0.387 e. The molecule has 5 heteroatoms. The Morgan fingerprint density at radius 1 is 1.22 bits per heavy atom. The van der Waals surface area contributed by atoms with E-state index in [1.165, 1.54) is 12.1 Å². The number of hydrogen-bond acceptors (Lipinski definition) is 3. The standard InChI is InChI=1S/C13H13F2NO2/c14-13(15)18-11-4-1-3-9(7-11)12(16)8-10-5-2-6-17-10/h1-7,12-13H,8,16H2. The molecular formula is C13H13F2NO2. The van der Waals surface area contributed by atoms with Gasteiger partial charge in [0.2, 0.25) is 0 Å². The summed E-state index contributed by atoms with van der Waals surface area (Å²) in [6.07, 6.45) is 2.07. The third-order valence-electron chi connectivity index (χ3n) is 2.51. The number of benzene rings is 1. The minimum absolute atomic E-state index is 0.109. The van der Waals surface area contributed by atoms with Gasteiger partial charge in [0, 0.05) is 12.5 Å². The molecule has 1 aromatic heterocycles. The normalized spacial score (nSPS) is 12.7. The molecule has 96 valence electrons. The molecule has 0 aliphatic rings. The van der Waals surface area contributed by atoms with Crippen LogP contribution in [-0.2, 0) is 6.42 Å².